The van der Waals surface area contributed by atoms with Crippen LogP contribution in [-0.2, 0) is 6.42 Å². The van der Waals surface area contributed by atoms with Crippen LogP contribution in [-0.4, -0.2) is 26.5 Å². The molecule has 1 aliphatic heterocycles. The Kier molecular flexibility index (Phi) is 4.50. The molecule has 0 saturated heterocycles. The van der Waals surface area contributed by atoms with Gasteiger partial charge in [0.15, 0.2) is 16.6 Å². The molecule has 4 heterocycles. The Hall–Kier alpha value is -3.61. The highest BCUT2D eigenvalue weighted by atomic mass is 32.1. The van der Waals surface area contributed by atoms with E-state index in [2.05, 4.69) is 43.6 Å². The van der Waals surface area contributed by atoms with Crippen LogP contribution in [0, 0.1) is 18.3 Å². The molecule has 0 spiro atoms. The van der Waals surface area contributed by atoms with Crippen molar-refractivity contribution >= 4 is 26.8 Å². The number of rotatable bonds is 2. The highest BCUT2D eigenvalue weighted by Gasteiger charge is 2.25. The van der Waals surface area contributed by atoms with Gasteiger partial charge in [-0.3, -0.25) is 4.98 Å². The molecule has 3 aromatic heterocycles. The van der Waals surface area contributed by atoms with E-state index in [0.29, 0.717) is 29.5 Å². The average molecular weight is 415 g/mol. The van der Waals surface area contributed by atoms with Gasteiger partial charge in [-0.1, -0.05) is 11.3 Å². The van der Waals surface area contributed by atoms with Crippen LogP contribution in [0.15, 0.2) is 36.8 Å². The van der Waals surface area contributed by atoms with Gasteiger partial charge in [0.25, 0.3) is 0 Å². The quantitative estimate of drug-likeness (QED) is 0.512. The highest BCUT2D eigenvalue weighted by molar-refractivity contribution is 7.21. The zero-order chi connectivity index (χ0) is 20.7. The summed E-state index contributed by atoms with van der Waals surface area (Å²) in [4.78, 5) is 24.1. The summed E-state index contributed by atoms with van der Waals surface area (Å²) in [5.74, 6) is 0.763. The van der Waals surface area contributed by atoms with Crippen molar-refractivity contribution in [2.45, 2.75) is 19.3 Å². The SMILES string of the molecule is Cc1cc(-c2cnc3sc(N)nc3c2)cc2c1ONCC(c1nccnc1C#N)C2. The summed E-state index contributed by atoms with van der Waals surface area (Å²) in [5.41, 5.74) is 14.7. The van der Waals surface area contributed by atoms with Crippen LogP contribution in [0.25, 0.3) is 21.5 Å². The number of hydrogen-bond donors (Lipinski definition) is 2. The van der Waals surface area contributed by atoms with E-state index in [-0.39, 0.29) is 5.92 Å². The molecule has 3 N–H and O–H groups in total. The first kappa shape index (κ1) is 18.4. The fourth-order valence-corrected chi connectivity index (χ4v) is 4.44. The Balaban J connectivity index is 1.57. The second-order valence-electron chi connectivity index (χ2n) is 7.14. The van der Waals surface area contributed by atoms with Gasteiger partial charge >= 0.3 is 0 Å². The summed E-state index contributed by atoms with van der Waals surface area (Å²) in [7, 11) is 0. The van der Waals surface area contributed by atoms with Crippen LogP contribution in [0.1, 0.15) is 28.4 Å². The van der Waals surface area contributed by atoms with Gasteiger partial charge in [0.1, 0.15) is 16.4 Å². The van der Waals surface area contributed by atoms with Gasteiger partial charge in [0.2, 0.25) is 0 Å². The zero-order valence-corrected chi connectivity index (χ0v) is 16.9. The Labute approximate surface area is 176 Å². The minimum atomic E-state index is -0.0387. The molecule has 9 heteroatoms. The molecule has 0 bridgehead atoms. The van der Waals surface area contributed by atoms with Crippen molar-refractivity contribution in [2.75, 3.05) is 12.3 Å². The van der Waals surface area contributed by atoms with Crippen LogP contribution in [0.3, 0.4) is 0 Å². The smallest absolute Gasteiger partial charge is 0.182 e. The van der Waals surface area contributed by atoms with E-state index in [1.165, 1.54) is 17.5 Å². The first-order chi connectivity index (χ1) is 14.6. The third-order valence-corrected chi connectivity index (χ3v) is 5.95. The Morgan fingerprint density at radius 1 is 1.20 bits per heavy atom. The lowest BCUT2D eigenvalue weighted by molar-refractivity contribution is 0.195. The molecular formula is C21H17N7OS. The molecule has 0 aliphatic carbocycles. The number of hydrogen-bond acceptors (Lipinski definition) is 9. The molecule has 8 nitrogen and oxygen atoms in total. The summed E-state index contributed by atoms with van der Waals surface area (Å²) in [6.07, 6.45) is 5.66. The molecule has 1 atom stereocenters. The van der Waals surface area contributed by atoms with Gasteiger partial charge in [-0.25, -0.2) is 15.0 Å². The normalized spacial score (nSPS) is 15.8. The second kappa shape index (κ2) is 7.33. The van der Waals surface area contributed by atoms with Crippen molar-refractivity contribution in [3.05, 3.63) is 59.3 Å². The first-order valence-electron chi connectivity index (χ1n) is 9.39. The minimum Gasteiger partial charge on any atom is -0.408 e. The van der Waals surface area contributed by atoms with Crippen molar-refractivity contribution in [1.82, 2.24) is 25.4 Å². The minimum absolute atomic E-state index is 0.0387. The van der Waals surface area contributed by atoms with Crippen LogP contribution in [0.2, 0.25) is 0 Å². The number of benzene rings is 1. The Morgan fingerprint density at radius 3 is 2.93 bits per heavy atom. The van der Waals surface area contributed by atoms with E-state index < -0.39 is 0 Å². The van der Waals surface area contributed by atoms with Crippen molar-refractivity contribution in [2.24, 2.45) is 0 Å². The Bertz CT molecular complexity index is 1310. The Morgan fingerprint density at radius 2 is 2.07 bits per heavy atom. The molecule has 0 amide bonds. The van der Waals surface area contributed by atoms with Crippen LogP contribution in [0.5, 0.6) is 5.75 Å². The van der Waals surface area contributed by atoms with Crippen molar-refractivity contribution in [3.63, 3.8) is 0 Å². The third-order valence-electron chi connectivity index (χ3n) is 5.14. The summed E-state index contributed by atoms with van der Waals surface area (Å²) in [6.45, 7) is 2.54. The summed E-state index contributed by atoms with van der Waals surface area (Å²) >= 11 is 1.37. The van der Waals surface area contributed by atoms with E-state index in [1.807, 2.05) is 19.2 Å². The van der Waals surface area contributed by atoms with Crippen molar-refractivity contribution in [3.8, 4) is 22.9 Å². The van der Waals surface area contributed by atoms with E-state index in [4.69, 9.17) is 10.6 Å². The predicted octanol–water partition coefficient (Wildman–Crippen LogP) is 3.13. The van der Waals surface area contributed by atoms with Gasteiger partial charge in [0, 0.05) is 36.6 Å². The summed E-state index contributed by atoms with van der Waals surface area (Å²) in [6, 6.07) is 8.31. The fourth-order valence-electron chi connectivity index (χ4n) is 3.79. The highest BCUT2D eigenvalue weighted by Crippen LogP contribution is 2.36. The maximum atomic E-state index is 9.41. The number of fused-ring (bicyclic) bond motifs is 2. The monoisotopic (exact) mass is 415 g/mol. The molecule has 1 unspecified atom stereocenters. The number of nitrogens with zero attached hydrogens (tertiary/aromatic N) is 5. The molecule has 5 rings (SSSR count). The standard InChI is InChI=1S/C21H17N7OS/c1-11-4-12(14-7-16-20(26-9-14)30-21(23)28-16)5-13-6-15(10-27-29-19(11)13)18-17(8-22)24-2-3-25-18/h2-5,7,9,15,27H,6,10H2,1H3,(H2,23,28). The lowest BCUT2D eigenvalue weighted by atomic mass is 9.91. The van der Waals surface area contributed by atoms with Gasteiger partial charge in [0.05, 0.1) is 5.69 Å². The number of aromatic nitrogens is 4. The number of aryl methyl sites for hydroxylation is 1. The molecule has 0 fully saturated rings. The van der Waals surface area contributed by atoms with E-state index >= 15 is 0 Å². The lowest BCUT2D eigenvalue weighted by Crippen LogP contribution is -2.24. The maximum Gasteiger partial charge on any atom is 0.182 e. The molecule has 0 radical (unpaired) electrons. The van der Waals surface area contributed by atoms with Crippen molar-refractivity contribution in [1.29, 1.82) is 5.26 Å². The van der Waals surface area contributed by atoms with Gasteiger partial charge < -0.3 is 10.6 Å². The molecule has 148 valence electrons. The molecular weight excluding hydrogens is 398 g/mol. The molecule has 30 heavy (non-hydrogen) atoms. The summed E-state index contributed by atoms with van der Waals surface area (Å²) in [5, 5.41) is 9.92. The predicted molar refractivity (Wildman–Crippen MR) is 114 cm³/mol. The maximum absolute atomic E-state index is 9.41. The summed E-state index contributed by atoms with van der Waals surface area (Å²) < 4.78 is 0. The van der Waals surface area contributed by atoms with Crippen LogP contribution >= 0.6 is 11.3 Å². The fraction of sp³-hybridized carbons (Fsp3) is 0.190. The van der Waals surface area contributed by atoms with Gasteiger partial charge in [-0.15, -0.1) is 0 Å². The molecule has 0 saturated carbocycles. The van der Waals surface area contributed by atoms with E-state index in [0.717, 1.165) is 38.4 Å². The third kappa shape index (κ3) is 3.22. The second-order valence-corrected chi connectivity index (χ2v) is 8.14. The van der Waals surface area contributed by atoms with Crippen molar-refractivity contribution < 1.29 is 4.84 Å². The van der Waals surface area contributed by atoms with E-state index in [1.54, 1.807) is 6.20 Å². The molecule has 4 aromatic rings. The number of anilines is 1. The number of nitrogens with one attached hydrogen (secondary N) is 1. The number of thiazole rings is 1. The molecule has 1 aromatic carbocycles. The first-order valence-corrected chi connectivity index (χ1v) is 10.2. The topological polar surface area (TPSA) is 123 Å². The molecule has 1 aliphatic rings. The number of nitrogens with two attached hydrogens (primary N) is 1. The zero-order valence-electron chi connectivity index (χ0n) is 16.1. The number of nitrogen functional groups attached to an aromatic ring is 1. The van der Waals surface area contributed by atoms with E-state index in [9.17, 15) is 5.26 Å². The van der Waals surface area contributed by atoms with Crippen LogP contribution in [0.4, 0.5) is 5.13 Å². The number of pyridine rings is 1. The van der Waals surface area contributed by atoms with Gasteiger partial charge in [-0.05, 0) is 48.2 Å². The van der Waals surface area contributed by atoms with Gasteiger partial charge in [-0.2, -0.15) is 10.7 Å². The number of nitriles is 1. The number of hydroxylamine groups is 1. The average Bonchev–Trinajstić information content (AvgIpc) is 2.99. The lowest BCUT2D eigenvalue weighted by Gasteiger charge is -2.14. The van der Waals surface area contributed by atoms with Crippen LogP contribution < -0.4 is 16.1 Å². The largest absolute Gasteiger partial charge is 0.408 e.